The van der Waals surface area contributed by atoms with Crippen LogP contribution < -0.4 is 0 Å². The normalized spacial score (nSPS) is 11.8. The minimum atomic E-state index is -6.41. The van der Waals surface area contributed by atoms with Crippen molar-refractivity contribution in [1.82, 2.24) is 0 Å². The highest BCUT2D eigenvalue weighted by atomic mass is 19.4. The smallest absolute Gasteiger partial charge is 0.470 e. The molecule has 0 heterocycles. The molecule has 0 aromatic carbocycles. The van der Waals surface area contributed by atoms with Crippen molar-refractivity contribution in [2.45, 2.75) is 18.2 Å². The van der Waals surface area contributed by atoms with Gasteiger partial charge in [-0.15, -0.1) is 0 Å². The van der Waals surface area contributed by atoms with E-state index in [2.05, 4.69) is 17.9 Å². The Hall–Kier alpha value is -2.07. The molecule has 0 saturated carbocycles. The van der Waals surface area contributed by atoms with Crippen molar-refractivity contribution in [1.29, 1.82) is 0 Å². The largest absolute Gasteiger partial charge is 0.478 e. The van der Waals surface area contributed by atoms with E-state index in [1.54, 1.807) is 0 Å². The molecule has 0 fully saturated rings. The van der Waals surface area contributed by atoms with E-state index in [0.29, 0.717) is 0 Å². The van der Waals surface area contributed by atoms with Crippen LogP contribution in [0.2, 0.25) is 0 Å². The van der Waals surface area contributed by atoms with Gasteiger partial charge in [-0.1, -0.05) is 13.2 Å². The standard InChI is InChI=1S/C6H3F7O2.C3H4O2/c1-2-3(14)15-4(7,5(8,9)10)6(11,12)13;1-2-3(4)5/h2H,1H2;2H,1H2,(H,4,5). The van der Waals surface area contributed by atoms with Gasteiger partial charge < -0.3 is 9.84 Å². The molecule has 4 nitrogen and oxygen atoms in total. The van der Waals surface area contributed by atoms with Gasteiger partial charge in [-0.2, -0.15) is 30.7 Å². The van der Waals surface area contributed by atoms with E-state index in [9.17, 15) is 40.3 Å². The number of aliphatic carboxylic acids is 1. The summed E-state index contributed by atoms with van der Waals surface area (Å²) < 4.78 is 85.3. The second kappa shape index (κ2) is 6.91. The highest BCUT2D eigenvalue weighted by molar-refractivity contribution is 5.81. The van der Waals surface area contributed by atoms with Crippen LogP contribution in [0.3, 0.4) is 0 Å². The molecule has 0 aromatic heterocycles. The number of esters is 1. The Morgan fingerprint density at radius 3 is 1.35 bits per heavy atom. The van der Waals surface area contributed by atoms with Crippen molar-refractivity contribution in [3.63, 3.8) is 0 Å². The fourth-order valence-electron chi connectivity index (χ4n) is 0.457. The Morgan fingerprint density at radius 1 is 0.900 bits per heavy atom. The van der Waals surface area contributed by atoms with E-state index in [1.165, 1.54) is 0 Å². The van der Waals surface area contributed by atoms with Gasteiger partial charge in [0.15, 0.2) is 0 Å². The van der Waals surface area contributed by atoms with Crippen LogP contribution in [-0.2, 0) is 14.3 Å². The predicted octanol–water partition coefficient (Wildman–Crippen LogP) is 2.76. The first-order valence-corrected chi connectivity index (χ1v) is 4.26. The lowest BCUT2D eigenvalue weighted by atomic mass is 10.3. The number of carboxylic acids is 1. The van der Waals surface area contributed by atoms with Crippen LogP contribution in [-0.4, -0.2) is 35.3 Å². The Bertz CT molecular complexity index is 369. The lowest BCUT2D eigenvalue weighted by Crippen LogP contribution is -2.56. The maximum atomic E-state index is 12.5. The number of carbonyl (C=O) groups excluding carboxylic acids is 1. The van der Waals surface area contributed by atoms with Gasteiger partial charge in [0.05, 0.1) is 0 Å². The molecular weight excluding hydrogens is 305 g/mol. The van der Waals surface area contributed by atoms with Gasteiger partial charge in [0, 0.05) is 12.2 Å². The average molecular weight is 312 g/mol. The Morgan fingerprint density at radius 2 is 1.20 bits per heavy atom. The molecule has 0 aliphatic carbocycles. The second-order valence-electron chi connectivity index (χ2n) is 2.76. The van der Waals surface area contributed by atoms with E-state index in [1.807, 2.05) is 0 Å². The molecule has 20 heavy (non-hydrogen) atoms. The number of hydrogen-bond donors (Lipinski definition) is 1. The Labute approximate surface area is 107 Å². The maximum absolute atomic E-state index is 12.5. The highest BCUT2D eigenvalue weighted by Crippen LogP contribution is 2.46. The molecule has 0 amide bonds. The molecule has 0 aliphatic heterocycles. The summed E-state index contributed by atoms with van der Waals surface area (Å²) >= 11 is 0. The van der Waals surface area contributed by atoms with E-state index in [-0.39, 0.29) is 6.08 Å². The monoisotopic (exact) mass is 312 g/mol. The van der Waals surface area contributed by atoms with Crippen LogP contribution in [0, 0.1) is 0 Å². The zero-order chi connectivity index (χ0) is 16.8. The highest BCUT2D eigenvalue weighted by Gasteiger charge is 2.76. The SMILES string of the molecule is C=CC(=O)O.C=CC(=O)OC(F)(C(F)(F)F)C(F)(F)F. The summed E-state index contributed by atoms with van der Waals surface area (Å²) in [5.41, 5.74) is 0. The van der Waals surface area contributed by atoms with Gasteiger partial charge in [-0.05, 0) is 0 Å². The van der Waals surface area contributed by atoms with Gasteiger partial charge in [0.1, 0.15) is 0 Å². The quantitative estimate of drug-likeness (QED) is 0.494. The summed E-state index contributed by atoms with van der Waals surface area (Å²) in [4.78, 5) is 19.4. The van der Waals surface area contributed by atoms with Crippen LogP contribution in [0.1, 0.15) is 0 Å². The van der Waals surface area contributed by atoms with E-state index in [4.69, 9.17) is 5.11 Å². The van der Waals surface area contributed by atoms with Gasteiger partial charge in [0.2, 0.25) is 0 Å². The van der Waals surface area contributed by atoms with E-state index < -0.39 is 30.1 Å². The number of rotatable bonds is 3. The molecule has 0 saturated heterocycles. The van der Waals surface area contributed by atoms with Crippen molar-refractivity contribution in [2.24, 2.45) is 0 Å². The van der Waals surface area contributed by atoms with E-state index >= 15 is 0 Å². The van der Waals surface area contributed by atoms with Gasteiger partial charge in [0.25, 0.3) is 0 Å². The first-order chi connectivity index (χ1) is 8.72. The summed E-state index contributed by atoms with van der Waals surface area (Å²) in [5, 5.41) is 7.60. The molecule has 11 heteroatoms. The zero-order valence-electron chi connectivity index (χ0n) is 9.39. The Balaban J connectivity index is 0. The number of carboxylic acid groups (broad SMARTS) is 1. The molecule has 1 N–H and O–H groups in total. The van der Waals surface area contributed by atoms with Crippen LogP contribution in [0.25, 0.3) is 0 Å². The fourth-order valence-corrected chi connectivity index (χ4v) is 0.457. The van der Waals surface area contributed by atoms with Crippen LogP contribution >= 0.6 is 0 Å². The molecule has 0 rings (SSSR count). The third-order valence-electron chi connectivity index (χ3n) is 1.31. The third kappa shape index (κ3) is 5.71. The zero-order valence-corrected chi connectivity index (χ0v) is 9.39. The number of carbonyl (C=O) groups is 2. The van der Waals surface area contributed by atoms with Crippen molar-refractivity contribution in [2.75, 3.05) is 0 Å². The van der Waals surface area contributed by atoms with Gasteiger partial charge in [-0.25, -0.2) is 9.59 Å². The van der Waals surface area contributed by atoms with Gasteiger partial charge >= 0.3 is 30.1 Å². The van der Waals surface area contributed by atoms with Crippen molar-refractivity contribution in [3.8, 4) is 0 Å². The summed E-state index contributed by atoms with van der Waals surface area (Å²) in [7, 11) is 0. The molecular formula is C9H7F7O4. The molecule has 0 bridgehead atoms. The number of alkyl halides is 7. The summed E-state index contributed by atoms with van der Waals surface area (Å²) in [6.07, 6.45) is -12.0. The second-order valence-corrected chi connectivity index (χ2v) is 2.76. The fraction of sp³-hybridized carbons (Fsp3) is 0.333. The first kappa shape index (κ1) is 20.3. The maximum Gasteiger partial charge on any atom is 0.470 e. The lowest BCUT2D eigenvalue weighted by Gasteiger charge is -2.28. The number of halogens is 7. The van der Waals surface area contributed by atoms with E-state index in [0.717, 1.165) is 6.08 Å². The third-order valence-corrected chi connectivity index (χ3v) is 1.31. The minimum absolute atomic E-state index is 0.0220. The van der Waals surface area contributed by atoms with Crippen LogP contribution in [0.4, 0.5) is 30.7 Å². The van der Waals surface area contributed by atoms with Crippen LogP contribution in [0.15, 0.2) is 25.3 Å². The summed E-state index contributed by atoms with van der Waals surface area (Å²) in [5.74, 6) is -9.18. The lowest BCUT2D eigenvalue weighted by molar-refractivity contribution is -0.416. The summed E-state index contributed by atoms with van der Waals surface area (Å²) in [6, 6.07) is 0. The predicted molar refractivity (Wildman–Crippen MR) is 50.1 cm³/mol. The topological polar surface area (TPSA) is 63.6 Å². The van der Waals surface area contributed by atoms with Gasteiger partial charge in [-0.3, -0.25) is 0 Å². The molecule has 0 atom stereocenters. The minimum Gasteiger partial charge on any atom is -0.478 e. The average Bonchev–Trinajstić information content (AvgIpc) is 2.26. The summed E-state index contributed by atoms with van der Waals surface area (Å²) in [6.45, 7) is 5.49. The molecule has 0 aromatic rings. The molecule has 0 aliphatic rings. The number of hydrogen-bond acceptors (Lipinski definition) is 3. The van der Waals surface area contributed by atoms with Crippen molar-refractivity contribution < 1.29 is 50.2 Å². The molecule has 116 valence electrons. The Kier molecular flexibility index (Phi) is 7.00. The molecule has 0 radical (unpaired) electrons. The molecule has 0 unspecified atom stereocenters. The van der Waals surface area contributed by atoms with Crippen molar-refractivity contribution in [3.05, 3.63) is 25.3 Å². The van der Waals surface area contributed by atoms with Crippen molar-refractivity contribution >= 4 is 11.9 Å². The number of ether oxygens (including phenoxy) is 1. The molecule has 0 spiro atoms. The van der Waals surface area contributed by atoms with Crippen LogP contribution in [0.5, 0.6) is 0 Å². The first-order valence-electron chi connectivity index (χ1n) is 4.26.